The summed E-state index contributed by atoms with van der Waals surface area (Å²) in [5.41, 5.74) is 4.95. The molecule has 122 valence electrons. The van der Waals surface area contributed by atoms with E-state index in [1.807, 2.05) is 30.3 Å². The Kier molecular flexibility index (Phi) is 6.05. The molecule has 0 unspecified atom stereocenters. The minimum atomic E-state index is -0.487. The molecule has 23 heavy (non-hydrogen) atoms. The molecule has 1 aromatic heterocycles. The normalized spacial score (nSPS) is 9.96. The standard InChI is InChI=1S/C16H19N3O4/c1-12-14(8-11-22-12)15(20)18-19-16(21)17-9-5-10-23-13-6-3-2-4-7-13/h2-4,6-8,11H,5,9-10H2,1H3,(H,18,20)(H2,17,19,21). The highest BCUT2D eigenvalue weighted by molar-refractivity contribution is 5.95. The van der Waals surface area contributed by atoms with Gasteiger partial charge in [-0.3, -0.25) is 10.2 Å². The van der Waals surface area contributed by atoms with E-state index >= 15 is 0 Å². The van der Waals surface area contributed by atoms with Crippen molar-refractivity contribution in [2.24, 2.45) is 0 Å². The van der Waals surface area contributed by atoms with Crippen molar-refractivity contribution in [2.75, 3.05) is 13.2 Å². The minimum Gasteiger partial charge on any atom is -0.494 e. The van der Waals surface area contributed by atoms with Crippen LogP contribution in [0.25, 0.3) is 0 Å². The SMILES string of the molecule is Cc1occc1C(=O)NNC(=O)NCCCOc1ccccc1. The summed E-state index contributed by atoms with van der Waals surface area (Å²) in [5, 5.41) is 2.62. The fraction of sp³-hybridized carbons (Fsp3) is 0.250. The quantitative estimate of drug-likeness (QED) is 0.561. The maximum atomic E-state index is 11.7. The molecule has 2 rings (SSSR count). The van der Waals surface area contributed by atoms with Gasteiger partial charge in [0.15, 0.2) is 0 Å². The van der Waals surface area contributed by atoms with Gasteiger partial charge in [-0.15, -0.1) is 0 Å². The van der Waals surface area contributed by atoms with E-state index in [2.05, 4.69) is 16.2 Å². The van der Waals surface area contributed by atoms with Crippen molar-refractivity contribution < 1.29 is 18.7 Å². The summed E-state index contributed by atoms with van der Waals surface area (Å²) in [5.74, 6) is 0.848. The number of carbonyl (C=O) groups excluding carboxylic acids is 2. The molecule has 3 N–H and O–H groups in total. The van der Waals surface area contributed by atoms with Crippen LogP contribution in [0.3, 0.4) is 0 Å². The van der Waals surface area contributed by atoms with Crippen molar-refractivity contribution in [3.8, 4) is 5.75 Å². The average molecular weight is 317 g/mol. The maximum Gasteiger partial charge on any atom is 0.333 e. The summed E-state index contributed by atoms with van der Waals surface area (Å²) in [6.07, 6.45) is 2.06. The average Bonchev–Trinajstić information content (AvgIpc) is 2.99. The van der Waals surface area contributed by atoms with Crippen LogP contribution >= 0.6 is 0 Å². The molecular formula is C16H19N3O4. The molecule has 3 amide bonds. The van der Waals surface area contributed by atoms with Crippen molar-refractivity contribution in [1.29, 1.82) is 0 Å². The zero-order valence-corrected chi connectivity index (χ0v) is 12.8. The number of hydrogen-bond acceptors (Lipinski definition) is 4. The summed E-state index contributed by atoms with van der Waals surface area (Å²) in [7, 11) is 0. The lowest BCUT2D eigenvalue weighted by atomic mass is 10.2. The highest BCUT2D eigenvalue weighted by Crippen LogP contribution is 2.08. The first-order valence-electron chi connectivity index (χ1n) is 7.23. The second-order valence-electron chi connectivity index (χ2n) is 4.74. The number of hydrazine groups is 1. The van der Waals surface area contributed by atoms with Crippen LogP contribution in [0.5, 0.6) is 5.75 Å². The number of carbonyl (C=O) groups is 2. The van der Waals surface area contributed by atoms with Crippen LogP contribution in [0.15, 0.2) is 47.1 Å². The Bertz CT molecular complexity index is 640. The van der Waals surface area contributed by atoms with Crippen molar-refractivity contribution in [2.45, 2.75) is 13.3 Å². The number of ether oxygens (including phenoxy) is 1. The van der Waals surface area contributed by atoms with E-state index in [9.17, 15) is 9.59 Å². The number of rotatable bonds is 6. The number of para-hydroxylation sites is 1. The summed E-state index contributed by atoms with van der Waals surface area (Å²) in [6, 6.07) is 10.5. The van der Waals surface area contributed by atoms with Gasteiger partial charge in [-0.05, 0) is 31.5 Å². The Labute approximate surface area is 134 Å². The van der Waals surface area contributed by atoms with Crippen LogP contribution in [-0.4, -0.2) is 25.1 Å². The van der Waals surface area contributed by atoms with Gasteiger partial charge in [0.25, 0.3) is 5.91 Å². The fourth-order valence-electron chi connectivity index (χ4n) is 1.83. The van der Waals surface area contributed by atoms with Gasteiger partial charge in [-0.1, -0.05) is 18.2 Å². The Hall–Kier alpha value is -2.96. The molecule has 0 fully saturated rings. The summed E-state index contributed by atoms with van der Waals surface area (Å²) >= 11 is 0. The summed E-state index contributed by atoms with van der Waals surface area (Å²) < 4.78 is 10.5. The third-order valence-electron chi connectivity index (χ3n) is 3.01. The lowest BCUT2D eigenvalue weighted by molar-refractivity contribution is 0.0934. The summed E-state index contributed by atoms with van der Waals surface area (Å²) in [6.45, 7) is 2.59. The molecule has 1 aromatic carbocycles. The first-order valence-corrected chi connectivity index (χ1v) is 7.23. The Balaban J connectivity index is 1.57. The van der Waals surface area contributed by atoms with Gasteiger partial charge in [0.1, 0.15) is 11.5 Å². The van der Waals surface area contributed by atoms with Crippen molar-refractivity contribution in [3.05, 3.63) is 54.0 Å². The molecule has 0 atom stereocenters. The molecular weight excluding hydrogens is 298 g/mol. The topological polar surface area (TPSA) is 92.6 Å². The molecule has 0 radical (unpaired) electrons. The van der Waals surface area contributed by atoms with Crippen LogP contribution in [-0.2, 0) is 0 Å². The molecule has 1 heterocycles. The van der Waals surface area contributed by atoms with Crippen LogP contribution in [0.1, 0.15) is 22.5 Å². The zero-order chi connectivity index (χ0) is 16.5. The summed E-state index contributed by atoms with van der Waals surface area (Å²) in [4.78, 5) is 23.3. The smallest absolute Gasteiger partial charge is 0.333 e. The van der Waals surface area contributed by atoms with E-state index in [1.165, 1.54) is 12.3 Å². The van der Waals surface area contributed by atoms with Gasteiger partial charge in [0, 0.05) is 6.54 Å². The first-order chi connectivity index (χ1) is 11.2. The van der Waals surface area contributed by atoms with Crippen LogP contribution < -0.4 is 20.9 Å². The molecule has 0 bridgehead atoms. The van der Waals surface area contributed by atoms with E-state index < -0.39 is 11.9 Å². The Morgan fingerprint density at radius 1 is 1.13 bits per heavy atom. The maximum absolute atomic E-state index is 11.7. The molecule has 0 aliphatic rings. The van der Waals surface area contributed by atoms with Gasteiger partial charge in [-0.2, -0.15) is 0 Å². The number of aryl methyl sites for hydroxylation is 1. The number of nitrogens with one attached hydrogen (secondary N) is 3. The lowest BCUT2D eigenvalue weighted by Gasteiger charge is -2.09. The zero-order valence-electron chi connectivity index (χ0n) is 12.8. The fourth-order valence-corrected chi connectivity index (χ4v) is 1.83. The molecule has 0 spiro atoms. The molecule has 0 saturated heterocycles. The molecule has 7 heteroatoms. The third-order valence-corrected chi connectivity index (χ3v) is 3.01. The molecule has 0 saturated carbocycles. The monoisotopic (exact) mass is 317 g/mol. The largest absolute Gasteiger partial charge is 0.494 e. The molecule has 2 aromatic rings. The van der Waals surface area contributed by atoms with E-state index in [-0.39, 0.29) is 0 Å². The van der Waals surface area contributed by atoms with Gasteiger partial charge < -0.3 is 14.5 Å². The van der Waals surface area contributed by atoms with Crippen molar-refractivity contribution in [3.63, 3.8) is 0 Å². The Morgan fingerprint density at radius 2 is 1.91 bits per heavy atom. The van der Waals surface area contributed by atoms with Crippen molar-refractivity contribution in [1.82, 2.24) is 16.2 Å². The highest BCUT2D eigenvalue weighted by Gasteiger charge is 2.11. The van der Waals surface area contributed by atoms with E-state index in [0.717, 1.165) is 5.75 Å². The van der Waals surface area contributed by atoms with Crippen LogP contribution in [0.2, 0.25) is 0 Å². The number of urea groups is 1. The number of hydrogen-bond donors (Lipinski definition) is 3. The molecule has 0 aliphatic carbocycles. The number of furan rings is 1. The first kappa shape index (κ1) is 16.4. The Morgan fingerprint density at radius 3 is 2.61 bits per heavy atom. The number of benzene rings is 1. The van der Waals surface area contributed by atoms with Gasteiger partial charge >= 0.3 is 6.03 Å². The molecule has 7 nitrogen and oxygen atoms in total. The second-order valence-corrected chi connectivity index (χ2v) is 4.74. The predicted octanol–water partition coefficient (Wildman–Crippen LogP) is 2.00. The van der Waals surface area contributed by atoms with Gasteiger partial charge in [0.2, 0.25) is 0 Å². The number of amides is 3. The highest BCUT2D eigenvalue weighted by atomic mass is 16.5. The van der Waals surface area contributed by atoms with Crippen molar-refractivity contribution >= 4 is 11.9 Å². The predicted molar refractivity (Wildman–Crippen MR) is 84.0 cm³/mol. The van der Waals surface area contributed by atoms with Gasteiger partial charge in [-0.25, -0.2) is 10.2 Å². The second kappa shape index (κ2) is 8.47. The van der Waals surface area contributed by atoms with Gasteiger partial charge in [0.05, 0.1) is 18.4 Å². The van der Waals surface area contributed by atoms with E-state index in [1.54, 1.807) is 6.92 Å². The lowest BCUT2D eigenvalue weighted by Crippen LogP contribution is -2.47. The van der Waals surface area contributed by atoms with Crippen LogP contribution in [0.4, 0.5) is 4.79 Å². The van der Waals surface area contributed by atoms with E-state index in [4.69, 9.17) is 9.15 Å². The third kappa shape index (κ3) is 5.39. The minimum absolute atomic E-state index is 0.376. The molecule has 0 aliphatic heterocycles. The van der Waals surface area contributed by atoms with E-state index in [0.29, 0.717) is 30.9 Å². The van der Waals surface area contributed by atoms with Crippen LogP contribution in [0, 0.1) is 6.92 Å².